The van der Waals surface area contributed by atoms with E-state index in [9.17, 15) is 4.79 Å². The number of nitrogens with zero attached hydrogens (tertiary/aromatic N) is 1. The molecule has 3 aliphatic rings. The number of hydrazone groups is 1. The molecule has 4 heteroatoms. The highest BCUT2D eigenvalue weighted by molar-refractivity contribution is 5.73. The molecule has 3 saturated carbocycles. The highest BCUT2D eigenvalue weighted by Gasteiger charge is 2.32. The predicted octanol–water partition coefficient (Wildman–Crippen LogP) is 1.86. The Bertz CT molecular complexity index is 261. The minimum absolute atomic E-state index is 0.554. The van der Waals surface area contributed by atoms with E-state index >= 15 is 0 Å². The third-order valence-electron chi connectivity index (χ3n) is 3.78. The summed E-state index contributed by atoms with van der Waals surface area (Å²) in [5, 5.41) is 3.91. The normalized spacial score (nSPS) is 35.3. The largest absolute Gasteiger partial charge is 0.350 e. The summed E-state index contributed by atoms with van der Waals surface area (Å²) < 4.78 is 0. The highest BCUT2D eigenvalue weighted by atomic mass is 16.2. The van der Waals surface area contributed by atoms with Crippen molar-refractivity contribution in [3.63, 3.8) is 0 Å². The Morgan fingerprint density at radius 3 is 3.00 bits per heavy atom. The molecule has 3 unspecified atom stereocenters. The van der Waals surface area contributed by atoms with Gasteiger partial charge in [-0.05, 0) is 37.0 Å². The Morgan fingerprint density at radius 1 is 1.33 bits per heavy atom. The van der Waals surface area contributed by atoms with Gasteiger partial charge in [-0.25, -0.2) is 10.2 Å². The van der Waals surface area contributed by atoms with Crippen LogP contribution in [0.1, 0.15) is 38.5 Å². The van der Waals surface area contributed by atoms with Gasteiger partial charge in [0.15, 0.2) is 0 Å². The van der Waals surface area contributed by atoms with Crippen LogP contribution in [0.15, 0.2) is 5.10 Å². The van der Waals surface area contributed by atoms with Gasteiger partial charge in [0.2, 0.25) is 0 Å². The molecule has 0 aromatic rings. The molecule has 0 saturated heterocycles. The van der Waals surface area contributed by atoms with Gasteiger partial charge in [-0.15, -0.1) is 0 Å². The van der Waals surface area contributed by atoms with Crippen molar-refractivity contribution in [2.24, 2.45) is 28.6 Å². The fourth-order valence-electron chi connectivity index (χ4n) is 3.03. The Kier molecular flexibility index (Phi) is 3.23. The monoisotopic (exact) mass is 209 g/mol. The van der Waals surface area contributed by atoms with E-state index in [1.165, 1.54) is 38.5 Å². The smallest absolute Gasteiger partial charge is 0.332 e. The van der Waals surface area contributed by atoms with Crippen LogP contribution in [0.25, 0.3) is 0 Å². The van der Waals surface area contributed by atoms with Crippen molar-refractivity contribution in [3.8, 4) is 0 Å². The number of hydrogen-bond acceptors (Lipinski definition) is 2. The fraction of sp³-hybridized carbons (Fsp3) is 0.818. The van der Waals surface area contributed by atoms with E-state index < -0.39 is 6.03 Å². The molecule has 0 aliphatic heterocycles. The quantitative estimate of drug-likeness (QED) is 0.529. The zero-order valence-corrected chi connectivity index (χ0v) is 8.98. The van der Waals surface area contributed by atoms with E-state index in [2.05, 4.69) is 10.5 Å². The number of rotatable bonds is 2. The number of amides is 2. The van der Waals surface area contributed by atoms with Crippen LogP contribution in [0, 0.1) is 17.8 Å². The second kappa shape index (κ2) is 4.64. The molecule has 3 aliphatic carbocycles. The average Bonchev–Trinajstić information content (AvgIpc) is 2.51. The summed E-state index contributed by atoms with van der Waals surface area (Å²) >= 11 is 0. The molecule has 0 radical (unpaired) electrons. The Morgan fingerprint density at radius 2 is 2.20 bits per heavy atom. The lowest BCUT2D eigenvalue weighted by atomic mass is 9.76. The summed E-state index contributed by atoms with van der Waals surface area (Å²) in [7, 11) is 0. The summed E-state index contributed by atoms with van der Waals surface area (Å²) in [6.07, 6.45) is 9.93. The summed E-state index contributed by atoms with van der Waals surface area (Å²) in [6, 6.07) is -0.579. The standard InChI is InChI=1S/C11H19N3O/c12-11(15)14-13-7-10-6-8-2-1-3-9(10)5-4-8/h7-10H,1-6H2,(H3,12,14,15)/b13-7+. The van der Waals surface area contributed by atoms with Crippen LogP contribution in [0.2, 0.25) is 0 Å². The van der Waals surface area contributed by atoms with Crippen LogP contribution in [0.5, 0.6) is 0 Å². The first-order chi connectivity index (χ1) is 7.25. The Labute approximate surface area is 90.3 Å². The lowest BCUT2D eigenvalue weighted by molar-refractivity contribution is 0.248. The zero-order chi connectivity index (χ0) is 10.7. The van der Waals surface area contributed by atoms with Gasteiger partial charge in [0, 0.05) is 6.21 Å². The third-order valence-corrected chi connectivity index (χ3v) is 3.78. The molecule has 0 heterocycles. The van der Waals surface area contributed by atoms with Crippen molar-refractivity contribution in [2.75, 3.05) is 0 Å². The number of urea groups is 1. The number of fused-ring (bicyclic) bond motifs is 4. The SMILES string of the molecule is NC(=O)N/N=C/C1CC2CCCC1CC2. The molecule has 3 N–H and O–H groups in total. The van der Waals surface area contributed by atoms with Gasteiger partial charge in [-0.3, -0.25) is 0 Å². The van der Waals surface area contributed by atoms with Crippen LogP contribution < -0.4 is 11.2 Å². The van der Waals surface area contributed by atoms with Crippen LogP contribution >= 0.6 is 0 Å². The van der Waals surface area contributed by atoms with Crippen molar-refractivity contribution < 1.29 is 4.79 Å². The van der Waals surface area contributed by atoms with Gasteiger partial charge in [-0.2, -0.15) is 5.10 Å². The minimum atomic E-state index is -0.579. The maximum Gasteiger partial charge on any atom is 0.332 e. The maximum atomic E-state index is 10.5. The molecular formula is C11H19N3O. The van der Waals surface area contributed by atoms with Gasteiger partial charge >= 0.3 is 6.03 Å². The molecule has 3 atom stereocenters. The van der Waals surface area contributed by atoms with Crippen LogP contribution in [0.3, 0.4) is 0 Å². The molecule has 4 nitrogen and oxygen atoms in total. The fourth-order valence-corrected chi connectivity index (χ4v) is 3.03. The molecule has 0 spiro atoms. The van der Waals surface area contributed by atoms with Crippen molar-refractivity contribution in [2.45, 2.75) is 38.5 Å². The molecule has 2 amide bonds. The molecule has 0 aromatic carbocycles. The predicted molar refractivity (Wildman–Crippen MR) is 59.4 cm³/mol. The highest BCUT2D eigenvalue weighted by Crippen LogP contribution is 2.41. The summed E-state index contributed by atoms with van der Waals surface area (Å²) in [6.45, 7) is 0. The zero-order valence-electron chi connectivity index (χ0n) is 8.98. The van der Waals surface area contributed by atoms with Gasteiger partial charge in [0.25, 0.3) is 0 Å². The number of primary amides is 1. The van der Waals surface area contributed by atoms with E-state index in [4.69, 9.17) is 5.73 Å². The second-order valence-electron chi connectivity index (χ2n) is 4.79. The number of carbonyl (C=O) groups excluding carboxylic acids is 1. The van der Waals surface area contributed by atoms with Gasteiger partial charge < -0.3 is 5.73 Å². The number of hydrogen-bond donors (Lipinski definition) is 2. The van der Waals surface area contributed by atoms with Gasteiger partial charge in [0.05, 0.1) is 0 Å². The minimum Gasteiger partial charge on any atom is -0.350 e. The average molecular weight is 209 g/mol. The summed E-state index contributed by atoms with van der Waals surface area (Å²) in [4.78, 5) is 10.5. The first kappa shape index (κ1) is 10.5. The maximum absolute atomic E-state index is 10.5. The first-order valence-corrected chi connectivity index (χ1v) is 5.84. The molecule has 0 aromatic heterocycles. The van der Waals surface area contributed by atoms with Crippen LogP contribution in [0.4, 0.5) is 4.79 Å². The van der Waals surface area contributed by atoms with E-state index in [-0.39, 0.29) is 0 Å². The van der Waals surface area contributed by atoms with Crippen molar-refractivity contribution in [3.05, 3.63) is 0 Å². The lowest BCUT2D eigenvalue weighted by Gasteiger charge is -2.29. The third kappa shape index (κ3) is 2.70. The second-order valence-corrected chi connectivity index (χ2v) is 4.79. The topological polar surface area (TPSA) is 67.5 Å². The van der Waals surface area contributed by atoms with Crippen molar-refractivity contribution in [1.29, 1.82) is 0 Å². The molecule has 3 rings (SSSR count). The first-order valence-electron chi connectivity index (χ1n) is 5.84. The number of carbonyl (C=O) groups is 1. The van der Waals surface area contributed by atoms with Gasteiger partial charge in [-0.1, -0.05) is 19.3 Å². The molecule has 84 valence electrons. The van der Waals surface area contributed by atoms with Crippen molar-refractivity contribution >= 4 is 12.2 Å². The lowest BCUT2D eigenvalue weighted by Crippen LogP contribution is -2.27. The Hall–Kier alpha value is -1.06. The van der Waals surface area contributed by atoms with Crippen LogP contribution in [-0.2, 0) is 0 Å². The molecule has 15 heavy (non-hydrogen) atoms. The number of nitrogens with two attached hydrogens (primary N) is 1. The molecule has 3 fully saturated rings. The van der Waals surface area contributed by atoms with Crippen LogP contribution in [-0.4, -0.2) is 12.2 Å². The number of nitrogens with one attached hydrogen (secondary N) is 1. The van der Waals surface area contributed by atoms with E-state index in [0.717, 1.165) is 11.8 Å². The summed E-state index contributed by atoms with van der Waals surface area (Å²) in [5.74, 6) is 2.22. The van der Waals surface area contributed by atoms with E-state index in [1.54, 1.807) is 0 Å². The van der Waals surface area contributed by atoms with E-state index in [0.29, 0.717) is 5.92 Å². The van der Waals surface area contributed by atoms with E-state index in [1.807, 2.05) is 6.21 Å². The van der Waals surface area contributed by atoms with Crippen molar-refractivity contribution in [1.82, 2.24) is 5.43 Å². The molecule has 2 bridgehead atoms. The van der Waals surface area contributed by atoms with Gasteiger partial charge in [0.1, 0.15) is 0 Å². The summed E-state index contributed by atoms with van der Waals surface area (Å²) in [5.41, 5.74) is 7.23. The molecular weight excluding hydrogens is 190 g/mol. The Balaban J connectivity index is 1.91.